The number of carbonyl (C=O) groups is 1. The van der Waals surface area contributed by atoms with Crippen LogP contribution in [0.5, 0.6) is 0 Å². The molecule has 0 saturated carbocycles. The number of carbonyl (C=O) groups excluding carboxylic acids is 1. The Morgan fingerprint density at radius 2 is 1.69 bits per heavy atom. The molecule has 0 radical (unpaired) electrons. The van der Waals surface area contributed by atoms with Gasteiger partial charge in [0.05, 0.1) is 5.69 Å². The van der Waals surface area contributed by atoms with Crippen molar-refractivity contribution in [3.8, 4) is 11.3 Å². The summed E-state index contributed by atoms with van der Waals surface area (Å²) in [6.07, 6.45) is 6.82. The van der Waals surface area contributed by atoms with Crippen LogP contribution in [0.2, 0.25) is 5.02 Å². The molecule has 1 aliphatic heterocycles. The molecule has 29 heavy (non-hydrogen) atoms. The molecule has 0 atom stereocenters. The lowest BCUT2D eigenvalue weighted by atomic mass is 10.2. The molecule has 1 fully saturated rings. The van der Waals surface area contributed by atoms with Gasteiger partial charge in [-0.25, -0.2) is 0 Å². The van der Waals surface area contributed by atoms with Crippen molar-refractivity contribution in [2.75, 3.05) is 31.1 Å². The van der Waals surface area contributed by atoms with Crippen molar-refractivity contribution in [1.82, 2.24) is 20.1 Å². The first-order valence-corrected chi connectivity index (χ1v) is 9.79. The van der Waals surface area contributed by atoms with Gasteiger partial charge in [-0.15, -0.1) is 10.2 Å². The van der Waals surface area contributed by atoms with Crippen LogP contribution in [0.3, 0.4) is 0 Å². The third-order valence-corrected chi connectivity index (χ3v) is 5.20. The second-order valence-corrected chi connectivity index (χ2v) is 7.09. The van der Waals surface area contributed by atoms with Crippen LogP contribution in [0.1, 0.15) is 5.56 Å². The first-order chi connectivity index (χ1) is 14.2. The smallest absolute Gasteiger partial charge is 0.246 e. The normalized spacial score (nSPS) is 14.4. The summed E-state index contributed by atoms with van der Waals surface area (Å²) in [6, 6.07) is 15.2. The fourth-order valence-electron chi connectivity index (χ4n) is 3.20. The van der Waals surface area contributed by atoms with E-state index in [4.69, 9.17) is 11.6 Å². The van der Waals surface area contributed by atoms with Crippen LogP contribution in [-0.2, 0) is 4.79 Å². The number of halogens is 1. The molecule has 3 aromatic rings. The molecule has 0 spiro atoms. The number of aromatic nitrogens is 3. The molecule has 4 rings (SSSR count). The molecule has 0 bridgehead atoms. The van der Waals surface area contributed by atoms with Crippen LogP contribution in [0, 0.1) is 0 Å². The minimum Gasteiger partial charge on any atom is -0.352 e. The summed E-state index contributed by atoms with van der Waals surface area (Å²) >= 11 is 6.13. The molecule has 3 heterocycles. The zero-order chi connectivity index (χ0) is 20.1. The van der Waals surface area contributed by atoms with Crippen molar-refractivity contribution in [2.45, 2.75) is 0 Å². The number of benzene rings is 1. The van der Waals surface area contributed by atoms with Gasteiger partial charge in [0, 0.05) is 55.2 Å². The van der Waals surface area contributed by atoms with Gasteiger partial charge in [0.25, 0.3) is 0 Å². The summed E-state index contributed by atoms with van der Waals surface area (Å²) in [5.41, 5.74) is 2.64. The summed E-state index contributed by atoms with van der Waals surface area (Å²) < 4.78 is 0. The molecule has 0 aliphatic carbocycles. The van der Waals surface area contributed by atoms with Gasteiger partial charge in [-0.2, -0.15) is 0 Å². The van der Waals surface area contributed by atoms with Gasteiger partial charge in [0.2, 0.25) is 5.91 Å². The fraction of sp³-hybridized carbons (Fsp3) is 0.182. The first kappa shape index (κ1) is 19.1. The standard InChI is InChI=1S/C22H20ClN5O/c23-19-4-2-1-3-17(19)5-8-22(29)28-15-13-27(14-16-28)21-7-6-20(25-26-21)18-9-11-24-12-10-18/h1-12H,13-16H2/b8-5+. The fourth-order valence-corrected chi connectivity index (χ4v) is 3.40. The summed E-state index contributed by atoms with van der Waals surface area (Å²) in [5.74, 6) is 0.810. The Morgan fingerprint density at radius 3 is 2.38 bits per heavy atom. The Kier molecular flexibility index (Phi) is 5.81. The van der Waals surface area contributed by atoms with Crippen molar-refractivity contribution in [1.29, 1.82) is 0 Å². The van der Waals surface area contributed by atoms with E-state index < -0.39 is 0 Å². The maximum Gasteiger partial charge on any atom is 0.246 e. The summed E-state index contributed by atoms with van der Waals surface area (Å²) in [5, 5.41) is 9.32. The molecule has 1 aliphatic rings. The van der Waals surface area contributed by atoms with Crippen molar-refractivity contribution in [3.05, 3.63) is 77.6 Å². The van der Waals surface area contributed by atoms with E-state index in [1.807, 2.05) is 53.4 Å². The minimum absolute atomic E-state index is 0.0105. The van der Waals surface area contributed by atoms with Crippen LogP contribution >= 0.6 is 11.6 Å². The van der Waals surface area contributed by atoms with Gasteiger partial charge in [0.15, 0.2) is 5.82 Å². The average molecular weight is 406 g/mol. The minimum atomic E-state index is -0.0105. The maximum atomic E-state index is 12.5. The summed E-state index contributed by atoms with van der Waals surface area (Å²) in [7, 11) is 0. The zero-order valence-electron chi connectivity index (χ0n) is 15.8. The number of hydrogen-bond acceptors (Lipinski definition) is 5. The van der Waals surface area contributed by atoms with Crippen LogP contribution < -0.4 is 4.90 Å². The van der Waals surface area contributed by atoms with Gasteiger partial charge in [-0.3, -0.25) is 9.78 Å². The lowest BCUT2D eigenvalue weighted by molar-refractivity contribution is -0.126. The lowest BCUT2D eigenvalue weighted by Gasteiger charge is -2.34. The zero-order valence-corrected chi connectivity index (χ0v) is 16.5. The molecule has 7 heteroatoms. The molecule has 146 valence electrons. The largest absolute Gasteiger partial charge is 0.352 e. The highest BCUT2D eigenvalue weighted by atomic mass is 35.5. The molecule has 2 aromatic heterocycles. The van der Waals surface area contributed by atoms with Crippen molar-refractivity contribution in [2.24, 2.45) is 0 Å². The van der Waals surface area contributed by atoms with Crippen LogP contribution in [0.15, 0.2) is 67.0 Å². The number of anilines is 1. The second-order valence-electron chi connectivity index (χ2n) is 6.68. The van der Waals surface area contributed by atoms with Crippen LogP contribution in [-0.4, -0.2) is 52.2 Å². The molecule has 1 aromatic carbocycles. The average Bonchev–Trinajstić information content (AvgIpc) is 2.79. The van der Waals surface area contributed by atoms with E-state index in [0.29, 0.717) is 18.1 Å². The molecule has 0 N–H and O–H groups in total. The molecular weight excluding hydrogens is 386 g/mol. The molecule has 1 saturated heterocycles. The monoisotopic (exact) mass is 405 g/mol. The number of amides is 1. The van der Waals surface area contributed by atoms with Gasteiger partial charge in [-0.1, -0.05) is 29.8 Å². The summed E-state index contributed by atoms with van der Waals surface area (Å²) in [4.78, 5) is 20.5. The maximum absolute atomic E-state index is 12.5. The molecular formula is C22H20ClN5O. The lowest BCUT2D eigenvalue weighted by Crippen LogP contribution is -2.48. The van der Waals surface area contributed by atoms with E-state index in [9.17, 15) is 4.79 Å². The highest BCUT2D eigenvalue weighted by molar-refractivity contribution is 6.32. The van der Waals surface area contributed by atoms with Crippen molar-refractivity contribution < 1.29 is 4.79 Å². The van der Waals surface area contributed by atoms with Gasteiger partial charge >= 0.3 is 0 Å². The van der Waals surface area contributed by atoms with Crippen LogP contribution in [0.25, 0.3) is 17.3 Å². The highest BCUT2D eigenvalue weighted by Gasteiger charge is 2.21. The van der Waals surface area contributed by atoms with E-state index in [1.54, 1.807) is 24.5 Å². The van der Waals surface area contributed by atoms with E-state index >= 15 is 0 Å². The third kappa shape index (κ3) is 4.60. The summed E-state index contributed by atoms with van der Waals surface area (Å²) in [6.45, 7) is 2.71. The first-order valence-electron chi connectivity index (χ1n) is 9.41. The number of hydrogen-bond donors (Lipinski definition) is 0. The second kappa shape index (κ2) is 8.84. The topological polar surface area (TPSA) is 62.2 Å². The van der Waals surface area contributed by atoms with Crippen molar-refractivity contribution >= 4 is 29.4 Å². The Balaban J connectivity index is 1.34. The Hall–Kier alpha value is -3.25. The third-order valence-electron chi connectivity index (χ3n) is 4.85. The number of rotatable bonds is 4. The Labute approximate surface area is 174 Å². The Bertz CT molecular complexity index is 999. The quantitative estimate of drug-likeness (QED) is 0.621. The molecule has 6 nitrogen and oxygen atoms in total. The predicted molar refractivity (Wildman–Crippen MR) is 115 cm³/mol. The van der Waals surface area contributed by atoms with Gasteiger partial charge in [-0.05, 0) is 42.0 Å². The van der Waals surface area contributed by atoms with E-state index in [1.165, 1.54) is 0 Å². The van der Waals surface area contributed by atoms with Crippen molar-refractivity contribution in [3.63, 3.8) is 0 Å². The predicted octanol–water partition coefficient (Wildman–Crippen LogP) is 3.55. The van der Waals surface area contributed by atoms with E-state index in [0.717, 1.165) is 35.7 Å². The van der Waals surface area contributed by atoms with E-state index in [-0.39, 0.29) is 5.91 Å². The van der Waals surface area contributed by atoms with Gasteiger partial charge < -0.3 is 9.80 Å². The number of piperazine rings is 1. The Morgan fingerprint density at radius 1 is 0.931 bits per heavy atom. The highest BCUT2D eigenvalue weighted by Crippen LogP contribution is 2.19. The van der Waals surface area contributed by atoms with Crippen LogP contribution in [0.4, 0.5) is 5.82 Å². The SMILES string of the molecule is O=C(/C=C/c1ccccc1Cl)N1CCN(c2ccc(-c3ccncc3)nn2)CC1. The molecule has 0 unspecified atom stereocenters. The van der Waals surface area contributed by atoms with Gasteiger partial charge in [0.1, 0.15) is 0 Å². The van der Waals surface area contributed by atoms with E-state index in [2.05, 4.69) is 20.1 Å². The number of nitrogens with zero attached hydrogens (tertiary/aromatic N) is 5. The molecule has 1 amide bonds. The number of pyridine rings is 1.